The van der Waals surface area contributed by atoms with Crippen LogP contribution < -0.4 is 5.32 Å². The summed E-state index contributed by atoms with van der Waals surface area (Å²) in [6.07, 6.45) is 0. The molecular weight excluding hydrogens is 386 g/mol. The topological polar surface area (TPSA) is 75.6 Å². The molecule has 2 N–H and O–H groups in total. The van der Waals surface area contributed by atoms with Gasteiger partial charge in [0.1, 0.15) is 0 Å². The van der Waals surface area contributed by atoms with E-state index in [4.69, 9.17) is 12.2 Å². The molecular formula is C17H19N5OS3. The molecule has 0 radical (unpaired) electrons. The van der Waals surface area contributed by atoms with Gasteiger partial charge in [-0.15, -0.1) is 23.1 Å². The largest absolute Gasteiger partial charge is 0.345 e. The molecule has 0 aliphatic carbocycles. The van der Waals surface area contributed by atoms with E-state index in [1.165, 1.54) is 0 Å². The maximum Gasteiger partial charge on any atom is 0.252 e. The van der Waals surface area contributed by atoms with Crippen LogP contribution >= 0.6 is 35.3 Å². The van der Waals surface area contributed by atoms with Gasteiger partial charge in [-0.1, -0.05) is 12.1 Å². The fraction of sp³-hybridized carbons (Fsp3) is 0.294. The summed E-state index contributed by atoms with van der Waals surface area (Å²) >= 11 is 8.42. The van der Waals surface area contributed by atoms with Gasteiger partial charge in [0.2, 0.25) is 0 Å². The lowest BCUT2D eigenvalue weighted by Gasteiger charge is -2.10. The van der Waals surface area contributed by atoms with Crippen LogP contribution in [0, 0.1) is 11.7 Å². The number of carbonyl (C=O) groups is 1. The highest BCUT2D eigenvalue weighted by atomic mass is 32.2. The van der Waals surface area contributed by atoms with E-state index in [0.29, 0.717) is 29.2 Å². The molecule has 2 heterocycles. The summed E-state index contributed by atoms with van der Waals surface area (Å²) in [4.78, 5) is 18.1. The highest BCUT2D eigenvalue weighted by molar-refractivity contribution is 7.98. The Morgan fingerprint density at radius 1 is 1.42 bits per heavy atom. The van der Waals surface area contributed by atoms with Gasteiger partial charge in [-0.3, -0.25) is 9.89 Å². The Bertz CT molecular complexity index is 959. The van der Waals surface area contributed by atoms with Gasteiger partial charge in [0.15, 0.2) is 10.6 Å². The number of aromatic amines is 1. The van der Waals surface area contributed by atoms with Crippen molar-refractivity contribution in [3.05, 3.63) is 56.5 Å². The Kier molecular flexibility index (Phi) is 6.23. The van der Waals surface area contributed by atoms with Crippen LogP contribution in [0.2, 0.25) is 0 Å². The first kappa shape index (κ1) is 18.8. The Labute approximate surface area is 165 Å². The van der Waals surface area contributed by atoms with Crippen LogP contribution in [-0.4, -0.2) is 25.7 Å². The summed E-state index contributed by atoms with van der Waals surface area (Å²) < 4.78 is 2.42. The molecule has 0 unspecified atom stereocenters. The minimum absolute atomic E-state index is 0.126. The summed E-state index contributed by atoms with van der Waals surface area (Å²) in [5.41, 5.74) is 1.69. The molecule has 26 heavy (non-hydrogen) atoms. The number of nitrogens with zero attached hydrogens (tertiary/aromatic N) is 3. The number of amides is 1. The van der Waals surface area contributed by atoms with Crippen molar-refractivity contribution >= 4 is 41.2 Å². The standard InChI is InChI=1S/C17H19N5OS3/c1-3-22-15(20-21-17(22)24)8-18-16(23)13-6-4-5-7-14(13)26-10-12-9-25-11(2)19-12/h4-7,9H,3,8,10H2,1-2H3,(H,18,23)(H,21,24). The second-order valence-corrected chi connectivity index (χ2v) is 7.98. The number of hydrogen-bond donors (Lipinski definition) is 2. The molecule has 0 spiro atoms. The second-order valence-electron chi connectivity index (χ2n) is 5.51. The lowest BCUT2D eigenvalue weighted by Crippen LogP contribution is -2.25. The Hall–Kier alpha value is -1.97. The van der Waals surface area contributed by atoms with Gasteiger partial charge < -0.3 is 9.88 Å². The third kappa shape index (κ3) is 4.40. The Morgan fingerprint density at radius 3 is 2.96 bits per heavy atom. The van der Waals surface area contributed by atoms with Crippen molar-refractivity contribution in [1.29, 1.82) is 0 Å². The van der Waals surface area contributed by atoms with E-state index < -0.39 is 0 Å². The molecule has 3 rings (SSSR count). The van der Waals surface area contributed by atoms with Crippen LogP contribution in [0.15, 0.2) is 34.5 Å². The Balaban J connectivity index is 1.68. The molecule has 0 aliphatic rings. The third-order valence-corrected chi connectivity index (χ3v) is 5.98. The van der Waals surface area contributed by atoms with Crippen molar-refractivity contribution in [3.63, 3.8) is 0 Å². The molecule has 0 aliphatic heterocycles. The van der Waals surface area contributed by atoms with E-state index in [-0.39, 0.29) is 5.91 Å². The van der Waals surface area contributed by atoms with Crippen LogP contribution in [0.25, 0.3) is 0 Å². The zero-order valence-electron chi connectivity index (χ0n) is 14.5. The molecule has 2 aromatic heterocycles. The number of hydrogen-bond acceptors (Lipinski definition) is 6. The van der Waals surface area contributed by atoms with Crippen molar-refractivity contribution in [2.24, 2.45) is 0 Å². The number of thioether (sulfide) groups is 1. The number of aryl methyl sites for hydroxylation is 1. The number of benzene rings is 1. The zero-order chi connectivity index (χ0) is 18.5. The van der Waals surface area contributed by atoms with Crippen LogP contribution in [-0.2, 0) is 18.8 Å². The first-order valence-electron chi connectivity index (χ1n) is 8.13. The summed E-state index contributed by atoms with van der Waals surface area (Å²) in [6, 6.07) is 7.60. The number of carbonyl (C=O) groups excluding carboxylic acids is 1. The smallest absolute Gasteiger partial charge is 0.252 e. The minimum Gasteiger partial charge on any atom is -0.345 e. The summed E-state index contributed by atoms with van der Waals surface area (Å²) in [5.74, 6) is 1.33. The van der Waals surface area contributed by atoms with Crippen LogP contribution in [0.4, 0.5) is 0 Å². The quantitative estimate of drug-likeness (QED) is 0.460. The van der Waals surface area contributed by atoms with E-state index in [1.54, 1.807) is 23.1 Å². The highest BCUT2D eigenvalue weighted by Gasteiger charge is 2.13. The summed E-state index contributed by atoms with van der Waals surface area (Å²) in [5, 5.41) is 13.0. The van der Waals surface area contributed by atoms with Gasteiger partial charge in [-0.2, -0.15) is 5.10 Å². The van der Waals surface area contributed by atoms with Gasteiger partial charge in [0.05, 0.1) is 22.8 Å². The fourth-order valence-corrected chi connectivity index (χ4v) is 4.41. The molecule has 1 aromatic carbocycles. The van der Waals surface area contributed by atoms with Crippen LogP contribution in [0.1, 0.15) is 33.8 Å². The summed E-state index contributed by atoms with van der Waals surface area (Å²) in [7, 11) is 0. The number of rotatable bonds is 7. The molecule has 1 amide bonds. The molecule has 0 bridgehead atoms. The maximum absolute atomic E-state index is 12.6. The summed E-state index contributed by atoms with van der Waals surface area (Å²) in [6.45, 7) is 5.01. The molecule has 9 heteroatoms. The van der Waals surface area contributed by atoms with Crippen LogP contribution in [0.3, 0.4) is 0 Å². The van der Waals surface area contributed by atoms with E-state index in [0.717, 1.165) is 21.3 Å². The highest BCUT2D eigenvalue weighted by Crippen LogP contribution is 2.26. The molecule has 0 atom stereocenters. The van der Waals surface area contributed by atoms with Crippen molar-refractivity contribution in [2.75, 3.05) is 0 Å². The molecule has 0 saturated heterocycles. The molecule has 3 aromatic rings. The van der Waals surface area contributed by atoms with E-state index in [2.05, 4.69) is 25.9 Å². The number of aromatic nitrogens is 4. The second kappa shape index (κ2) is 8.61. The first-order chi connectivity index (χ1) is 12.6. The van der Waals surface area contributed by atoms with Crippen molar-refractivity contribution in [3.8, 4) is 0 Å². The van der Waals surface area contributed by atoms with Crippen molar-refractivity contribution in [2.45, 2.75) is 37.6 Å². The Morgan fingerprint density at radius 2 is 2.23 bits per heavy atom. The van der Waals surface area contributed by atoms with Gasteiger partial charge in [0, 0.05) is 22.6 Å². The van der Waals surface area contributed by atoms with Gasteiger partial charge in [-0.25, -0.2) is 4.98 Å². The molecule has 0 saturated carbocycles. The van der Waals surface area contributed by atoms with Gasteiger partial charge in [0.25, 0.3) is 5.91 Å². The monoisotopic (exact) mass is 405 g/mol. The third-order valence-electron chi connectivity index (χ3n) is 3.73. The van der Waals surface area contributed by atoms with Crippen molar-refractivity contribution < 1.29 is 4.79 Å². The average molecular weight is 406 g/mol. The molecule has 136 valence electrons. The van der Waals surface area contributed by atoms with Crippen LogP contribution in [0.5, 0.6) is 0 Å². The average Bonchev–Trinajstić information content (AvgIpc) is 3.23. The first-order valence-corrected chi connectivity index (χ1v) is 10.4. The normalized spacial score (nSPS) is 10.8. The van der Waals surface area contributed by atoms with E-state index in [1.807, 2.05) is 42.7 Å². The number of H-pyrrole nitrogens is 1. The minimum atomic E-state index is -0.126. The van der Waals surface area contributed by atoms with E-state index in [9.17, 15) is 4.79 Å². The van der Waals surface area contributed by atoms with Gasteiger partial charge in [-0.05, 0) is 38.2 Å². The maximum atomic E-state index is 12.6. The lowest BCUT2D eigenvalue weighted by atomic mass is 10.2. The zero-order valence-corrected chi connectivity index (χ0v) is 16.9. The van der Waals surface area contributed by atoms with Gasteiger partial charge >= 0.3 is 0 Å². The number of thiazole rings is 1. The lowest BCUT2D eigenvalue weighted by molar-refractivity contribution is 0.0946. The molecule has 0 fully saturated rings. The number of nitrogens with one attached hydrogen (secondary N) is 2. The predicted octanol–water partition coefficient (Wildman–Crippen LogP) is 3.95. The SMILES string of the molecule is CCn1c(CNC(=O)c2ccccc2SCc2csc(C)n2)n[nH]c1=S. The van der Waals surface area contributed by atoms with E-state index >= 15 is 0 Å². The fourth-order valence-electron chi connectivity index (χ4n) is 2.47. The van der Waals surface area contributed by atoms with Crippen molar-refractivity contribution in [1.82, 2.24) is 25.1 Å². The predicted molar refractivity (Wildman–Crippen MR) is 107 cm³/mol. The molecule has 6 nitrogen and oxygen atoms in total.